The minimum absolute atomic E-state index is 0.00798. The van der Waals surface area contributed by atoms with Crippen molar-refractivity contribution in [2.45, 2.75) is 48.1 Å². The van der Waals surface area contributed by atoms with Crippen LogP contribution in [0.2, 0.25) is 0 Å². The van der Waals surface area contributed by atoms with E-state index < -0.39 is 48.1 Å². The van der Waals surface area contributed by atoms with Crippen molar-refractivity contribution >= 4 is 0 Å². The van der Waals surface area contributed by atoms with Crippen LogP contribution >= 0.6 is 0 Å². The van der Waals surface area contributed by atoms with Gasteiger partial charge in [0.15, 0.2) is 0 Å². The molecule has 10 N–H and O–H groups in total. The predicted molar refractivity (Wildman–Crippen MR) is 251 cm³/mol. The molecule has 0 bridgehead atoms. The number of ether oxygens (including phenoxy) is 3. The Morgan fingerprint density at radius 3 is 1.03 bits per heavy atom. The second kappa shape index (κ2) is 16.6. The highest BCUT2D eigenvalue weighted by molar-refractivity contribution is 5.65. The van der Waals surface area contributed by atoms with Crippen LogP contribution in [0.3, 0.4) is 0 Å². The third-order valence-corrected chi connectivity index (χ3v) is 13.6. The molecule has 8 atom stereocenters. The molecular formula is C56H44O13. The Kier molecular flexibility index (Phi) is 10.3. The molecule has 5 unspecified atom stereocenters. The smallest absolute Gasteiger partial charge is 0.135 e. The third kappa shape index (κ3) is 7.68. The molecule has 0 amide bonds. The van der Waals surface area contributed by atoms with Gasteiger partial charge in [0.1, 0.15) is 81.2 Å². The summed E-state index contributed by atoms with van der Waals surface area (Å²) in [7, 11) is 0. The first-order chi connectivity index (χ1) is 33.3. The Balaban J connectivity index is 1.20. The summed E-state index contributed by atoms with van der Waals surface area (Å²) in [5, 5.41) is 109. The van der Waals surface area contributed by atoms with E-state index in [-0.39, 0.29) is 63.2 Å². The Bertz CT molecular complexity index is 3200. The third-order valence-electron chi connectivity index (χ3n) is 13.6. The summed E-state index contributed by atoms with van der Waals surface area (Å²) in [5.74, 6) is -3.64. The summed E-state index contributed by atoms with van der Waals surface area (Å²) >= 11 is 0. The SMILES string of the molecule is Oc1ccc(C2O[C@H](c3ccc(O)cc3)C(c3cc(O)cc(O)c3)C2c2cc(O)cc3c2C(c2cc(O)cc4c2C(c2cc(O)cc(O)c2)[C@H](c2ccc(O)cc2)O4)[C@@H](c2ccc(O)cc2)O3)cc1. The van der Waals surface area contributed by atoms with Gasteiger partial charge >= 0.3 is 0 Å². The maximum absolute atomic E-state index is 11.8. The van der Waals surface area contributed by atoms with Crippen LogP contribution in [0.4, 0.5) is 0 Å². The molecule has 0 aliphatic carbocycles. The minimum atomic E-state index is -0.899. The highest BCUT2D eigenvalue weighted by Crippen LogP contribution is 2.65. The number of rotatable bonds is 8. The average molecular weight is 925 g/mol. The number of aromatic hydroxyl groups is 10. The van der Waals surface area contributed by atoms with Crippen LogP contribution < -0.4 is 9.47 Å². The first-order valence-corrected chi connectivity index (χ1v) is 22.2. The Hall–Kier alpha value is -8.68. The van der Waals surface area contributed by atoms with Crippen LogP contribution in [0.5, 0.6) is 69.0 Å². The summed E-state index contributed by atoms with van der Waals surface area (Å²) in [6.07, 6.45) is -3.37. The number of phenols is 10. The maximum atomic E-state index is 11.8. The van der Waals surface area contributed by atoms with E-state index in [1.165, 1.54) is 72.8 Å². The first kappa shape index (κ1) is 42.9. The molecule has 1 fully saturated rings. The van der Waals surface area contributed by atoms with E-state index in [0.29, 0.717) is 61.4 Å². The molecule has 8 aromatic carbocycles. The Labute approximate surface area is 394 Å². The van der Waals surface area contributed by atoms with Gasteiger partial charge in [-0.1, -0.05) is 48.5 Å². The monoisotopic (exact) mass is 924 g/mol. The molecular weight excluding hydrogens is 881 g/mol. The van der Waals surface area contributed by atoms with Crippen molar-refractivity contribution in [1.29, 1.82) is 0 Å². The topological polar surface area (TPSA) is 230 Å². The van der Waals surface area contributed by atoms with Gasteiger partial charge in [0.25, 0.3) is 0 Å². The number of phenolic OH excluding ortho intramolecular Hbond substituents is 10. The standard InChI is InChI=1S/C56H44O13/c57-33-9-1-27(2-10-33)53-47(31-17-37(61)21-38(62)18-31)49-43(23-41(65)25-45(49)67-53)52-50-44(24-42(66)26-46(50)68-55(52)29-5-13-35(59)14-6-29)51-48(32-19-39(63)22-40(64)20-32)54(28-3-11-34(58)12-4-28)69-56(51)30-7-15-36(60)16-8-30/h1-26,47-48,51-66H/t47?,48?,51?,52?,53-,54+,55+,56?/m0/s1. The summed E-state index contributed by atoms with van der Waals surface area (Å²) in [6, 6.07) is 40.9. The summed E-state index contributed by atoms with van der Waals surface area (Å²) in [6.45, 7) is 0. The molecule has 0 radical (unpaired) electrons. The van der Waals surface area contributed by atoms with Gasteiger partial charge in [-0.3, -0.25) is 0 Å². The van der Waals surface area contributed by atoms with Gasteiger partial charge in [0.05, 0.1) is 24.0 Å². The molecule has 0 saturated carbocycles. The zero-order valence-electron chi connectivity index (χ0n) is 36.3. The molecule has 0 spiro atoms. The van der Waals surface area contributed by atoms with Gasteiger partial charge in [0.2, 0.25) is 0 Å². The molecule has 13 nitrogen and oxygen atoms in total. The van der Waals surface area contributed by atoms with Crippen LogP contribution in [-0.4, -0.2) is 51.1 Å². The molecule has 3 heterocycles. The predicted octanol–water partition coefficient (Wildman–Crippen LogP) is 10.7. The fourth-order valence-corrected chi connectivity index (χ4v) is 10.8. The van der Waals surface area contributed by atoms with Gasteiger partial charge in [-0.05, 0) is 129 Å². The van der Waals surface area contributed by atoms with Crippen molar-refractivity contribution in [3.05, 3.63) is 213 Å². The fourth-order valence-electron chi connectivity index (χ4n) is 10.8. The zero-order valence-corrected chi connectivity index (χ0v) is 36.3. The highest BCUT2D eigenvalue weighted by Gasteiger charge is 2.52. The summed E-state index contributed by atoms with van der Waals surface area (Å²) in [4.78, 5) is 0. The molecule has 11 rings (SSSR count). The second-order valence-corrected chi connectivity index (χ2v) is 17.9. The molecule has 69 heavy (non-hydrogen) atoms. The Morgan fingerprint density at radius 2 is 0.594 bits per heavy atom. The van der Waals surface area contributed by atoms with Crippen LogP contribution in [-0.2, 0) is 4.74 Å². The molecule has 13 heteroatoms. The largest absolute Gasteiger partial charge is 0.508 e. The van der Waals surface area contributed by atoms with Crippen molar-refractivity contribution in [2.24, 2.45) is 0 Å². The molecule has 0 aromatic heterocycles. The van der Waals surface area contributed by atoms with Gasteiger partial charge in [-0.2, -0.15) is 0 Å². The number of benzene rings is 8. The van der Waals surface area contributed by atoms with Crippen molar-refractivity contribution in [3.8, 4) is 69.0 Å². The van der Waals surface area contributed by atoms with E-state index in [1.807, 2.05) is 0 Å². The van der Waals surface area contributed by atoms with E-state index in [0.717, 1.165) is 0 Å². The van der Waals surface area contributed by atoms with Crippen molar-refractivity contribution < 1.29 is 65.3 Å². The lowest BCUT2D eigenvalue weighted by Gasteiger charge is -2.30. The second-order valence-electron chi connectivity index (χ2n) is 17.9. The lowest BCUT2D eigenvalue weighted by atomic mass is 9.70. The van der Waals surface area contributed by atoms with Gasteiger partial charge in [-0.15, -0.1) is 0 Å². The van der Waals surface area contributed by atoms with Crippen molar-refractivity contribution in [2.75, 3.05) is 0 Å². The number of hydrogen-bond acceptors (Lipinski definition) is 13. The van der Waals surface area contributed by atoms with Crippen LogP contribution in [0.15, 0.2) is 158 Å². The number of fused-ring (bicyclic) bond motifs is 2. The Morgan fingerprint density at radius 1 is 0.261 bits per heavy atom. The van der Waals surface area contributed by atoms with Gasteiger partial charge in [-0.25, -0.2) is 0 Å². The van der Waals surface area contributed by atoms with Crippen LogP contribution in [0.1, 0.15) is 104 Å². The van der Waals surface area contributed by atoms with E-state index in [4.69, 9.17) is 14.2 Å². The number of hydrogen-bond donors (Lipinski definition) is 10. The van der Waals surface area contributed by atoms with Crippen molar-refractivity contribution in [1.82, 2.24) is 0 Å². The normalized spacial score (nSPS) is 22.4. The molecule has 8 aromatic rings. The summed E-state index contributed by atoms with van der Waals surface area (Å²) < 4.78 is 20.9. The van der Waals surface area contributed by atoms with Crippen LogP contribution in [0, 0.1) is 0 Å². The van der Waals surface area contributed by atoms with E-state index in [1.54, 1.807) is 84.9 Å². The highest BCUT2D eigenvalue weighted by atomic mass is 16.5. The lowest BCUT2D eigenvalue weighted by Crippen LogP contribution is -2.19. The fraction of sp³-hybridized carbons (Fsp3) is 0.143. The molecule has 1 saturated heterocycles. The molecule has 3 aliphatic heterocycles. The van der Waals surface area contributed by atoms with E-state index in [2.05, 4.69) is 0 Å². The van der Waals surface area contributed by atoms with Crippen LogP contribution in [0.25, 0.3) is 0 Å². The lowest BCUT2D eigenvalue weighted by molar-refractivity contribution is 0.0366. The van der Waals surface area contributed by atoms with Gasteiger partial charge < -0.3 is 65.3 Å². The van der Waals surface area contributed by atoms with E-state index >= 15 is 0 Å². The molecule has 3 aliphatic rings. The summed E-state index contributed by atoms with van der Waals surface area (Å²) in [5.41, 5.74) is 5.70. The van der Waals surface area contributed by atoms with Gasteiger partial charge in [0, 0.05) is 47.2 Å². The minimum Gasteiger partial charge on any atom is -0.508 e. The zero-order chi connectivity index (χ0) is 47.8. The maximum Gasteiger partial charge on any atom is 0.135 e. The molecule has 346 valence electrons. The first-order valence-electron chi connectivity index (χ1n) is 22.2. The quantitative estimate of drug-likeness (QED) is 0.0685. The van der Waals surface area contributed by atoms with E-state index in [9.17, 15) is 51.1 Å². The average Bonchev–Trinajstić information content (AvgIpc) is 4.01. The van der Waals surface area contributed by atoms with Crippen molar-refractivity contribution in [3.63, 3.8) is 0 Å².